The Morgan fingerprint density at radius 3 is 2.59 bits per heavy atom. The molecule has 302 valence electrons. The molecule has 3 heterocycles. The summed E-state index contributed by atoms with van der Waals surface area (Å²) in [5, 5.41) is 40.4. The molecule has 0 aromatic heterocycles. The number of rotatable bonds is 12. The van der Waals surface area contributed by atoms with Crippen LogP contribution in [-0.2, 0) is 14.3 Å². The number of ketones is 1. The number of allylic oxidation sites excluding steroid dienone is 3. The van der Waals surface area contributed by atoms with Crippen molar-refractivity contribution in [2.24, 2.45) is 51.6 Å². The molecule has 6 N–H and O–H groups in total. The summed E-state index contributed by atoms with van der Waals surface area (Å²) in [6, 6.07) is 0. The molecule has 5 aliphatic carbocycles. The highest BCUT2D eigenvalue weighted by atomic mass is 16.6. The summed E-state index contributed by atoms with van der Waals surface area (Å²) in [6.45, 7) is 14.6. The zero-order valence-electron chi connectivity index (χ0n) is 34.4. The third-order valence-electron chi connectivity index (χ3n) is 17.7. The predicted molar refractivity (Wildman–Crippen MR) is 211 cm³/mol. The van der Waals surface area contributed by atoms with Gasteiger partial charge in [0.2, 0.25) is 0 Å². The van der Waals surface area contributed by atoms with Crippen LogP contribution in [0.25, 0.3) is 0 Å². The van der Waals surface area contributed by atoms with Crippen LogP contribution >= 0.6 is 0 Å². The zero-order chi connectivity index (χ0) is 38.5. The Bertz CT molecular complexity index is 1580. The molecule has 2 saturated heterocycles. The maximum atomic E-state index is 14.8. The topological polar surface area (TPSA) is 138 Å². The monoisotopic (exact) mass is 749 g/mol. The van der Waals surface area contributed by atoms with Gasteiger partial charge >= 0.3 is 0 Å². The number of epoxide rings is 1. The van der Waals surface area contributed by atoms with Gasteiger partial charge in [0.1, 0.15) is 17.8 Å². The summed E-state index contributed by atoms with van der Waals surface area (Å²) in [4.78, 5) is 14.8. The van der Waals surface area contributed by atoms with Crippen LogP contribution in [0, 0.1) is 45.8 Å². The van der Waals surface area contributed by atoms with E-state index in [1.807, 2.05) is 13.0 Å². The molecular formula is C46H72N2O6. The average molecular weight is 749 g/mol. The van der Waals surface area contributed by atoms with Crippen LogP contribution in [-0.4, -0.2) is 69.4 Å². The molecule has 0 unspecified atom stereocenters. The maximum Gasteiger partial charge on any atom is 0.162 e. The molecule has 3 aliphatic heterocycles. The smallest absolute Gasteiger partial charge is 0.162 e. The van der Waals surface area contributed by atoms with E-state index in [-0.39, 0.29) is 47.1 Å². The van der Waals surface area contributed by atoms with Crippen molar-refractivity contribution in [3.8, 4) is 0 Å². The van der Waals surface area contributed by atoms with E-state index in [2.05, 4.69) is 46.0 Å². The molecule has 8 aliphatic rings. The van der Waals surface area contributed by atoms with Gasteiger partial charge in [-0.2, -0.15) is 0 Å². The third-order valence-corrected chi connectivity index (χ3v) is 17.7. The van der Waals surface area contributed by atoms with Crippen molar-refractivity contribution in [2.75, 3.05) is 13.2 Å². The first-order valence-electron chi connectivity index (χ1n) is 22.2. The Labute approximate surface area is 325 Å². The zero-order valence-corrected chi connectivity index (χ0v) is 34.4. The Kier molecular flexibility index (Phi) is 9.93. The number of carbonyl (C=O) groups is 1. The summed E-state index contributed by atoms with van der Waals surface area (Å²) in [6.07, 6.45) is 18.8. The SMILES string of the molecule is CCCCCC[C@]12CC[C@H](O)C[C@H]1C(=O)C1=C3[C@@H]2CC[C@]2(C)[C@@H]([C@@]4([C@H]5O[C@@H]5[C@](C)(O)C(C)(C)CCC5=CCNC(N)=C5)C[C@@H](C)CCO4)C[C@@H](CC1)[C@@]32O. The fraction of sp³-hybridized carbons (Fsp3) is 0.848. The molecule has 0 amide bonds. The summed E-state index contributed by atoms with van der Waals surface area (Å²) in [5.41, 5.74) is 5.42. The van der Waals surface area contributed by atoms with Gasteiger partial charge in [0.25, 0.3) is 0 Å². The fourth-order valence-corrected chi connectivity index (χ4v) is 14.2. The highest BCUT2D eigenvalue weighted by Crippen LogP contribution is 2.75. The number of hydrogen-bond acceptors (Lipinski definition) is 8. The van der Waals surface area contributed by atoms with E-state index in [1.165, 1.54) is 24.8 Å². The van der Waals surface area contributed by atoms with E-state index in [1.54, 1.807) is 0 Å². The fourth-order valence-electron chi connectivity index (χ4n) is 14.2. The van der Waals surface area contributed by atoms with Gasteiger partial charge in [-0.25, -0.2) is 0 Å². The van der Waals surface area contributed by atoms with Gasteiger partial charge in [-0.05, 0) is 148 Å². The van der Waals surface area contributed by atoms with Crippen molar-refractivity contribution in [3.05, 3.63) is 34.7 Å². The first kappa shape index (κ1) is 39.1. The van der Waals surface area contributed by atoms with Crippen molar-refractivity contribution in [1.82, 2.24) is 5.32 Å². The summed E-state index contributed by atoms with van der Waals surface area (Å²) < 4.78 is 14.0. The predicted octanol–water partition coefficient (Wildman–Crippen LogP) is 7.40. The van der Waals surface area contributed by atoms with Gasteiger partial charge in [-0.15, -0.1) is 0 Å². The quantitative estimate of drug-likeness (QED) is 0.103. The van der Waals surface area contributed by atoms with Gasteiger partial charge in [0, 0.05) is 24.5 Å². The second-order valence-corrected chi connectivity index (χ2v) is 20.7. The Morgan fingerprint density at radius 2 is 1.85 bits per heavy atom. The normalized spacial score (nSPS) is 45.5. The molecule has 0 bridgehead atoms. The molecule has 5 fully saturated rings. The van der Waals surface area contributed by atoms with Gasteiger partial charge in [0.05, 0.1) is 23.1 Å². The number of hydrogen-bond donors (Lipinski definition) is 5. The van der Waals surface area contributed by atoms with Crippen LogP contribution in [0.3, 0.4) is 0 Å². The lowest BCUT2D eigenvalue weighted by molar-refractivity contribution is -0.198. The molecule has 0 radical (unpaired) electrons. The van der Waals surface area contributed by atoms with Crippen molar-refractivity contribution in [2.45, 2.75) is 186 Å². The number of dihydropyridines is 1. The second kappa shape index (κ2) is 13.7. The standard InChI is InChI=1S/C46H72N2O6/c1-7-8-9-10-18-44-21-14-31(49)26-34(44)38(50)32-12-11-30-25-35(42(5)20-15-33(44)37(32)46(30,42)52)45(27-28(2)17-23-53-45)40-39(54-40)43(6,51)41(3,4)19-13-29-16-22-48-36(47)24-29/h16,24,28,30-31,33-35,39-40,48-49,51-52H,7-15,17-23,25-27,47H2,1-6H3/t28-,30+,31-,33-,34-,35-,39-,40-,42+,43-,44+,45+,46+/m0/s1. The largest absolute Gasteiger partial charge is 0.393 e. The Morgan fingerprint density at radius 1 is 1.06 bits per heavy atom. The number of nitrogens with one attached hydrogen (secondary N) is 1. The lowest BCUT2D eigenvalue weighted by Gasteiger charge is -2.64. The number of aliphatic hydroxyl groups is 3. The molecule has 13 atom stereocenters. The van der Waals surface area contributed by atoms with Crippen LogP contribution < -0.4 is 11.1 Å². The van der Waals surface area contributed by atoms with Crippen LogP contribution in [0.15, 0.2) is 34.7 Å². The van der Waals surface area contributed by atoms with E-state index < -0.39 is 33.7 Å². The minimum atomic E-state index is -1.10. The van der Waals surface area contributed by atoms with E-state index in [9.17, 15) is 20.1 Å². The maximum absolute atomic E-state index is 14.8. The number of carbonyl (C=O) groups excluding carboxylic acids is 1. The van der Waals surface area contributed by atoms with E-state index in [0.29, 0.717) is 24.8 Å². The number of fused-ring (bicyclic) bond motifs is 2. The molecule has 8 rings (SSSR count). The summed E-state index contributed by atoms with van der Waals surface area (Å²) in [7, 11) is 0. The van der Waals surface area contributed by atoms with Crippen LogP contribution in [0.1, 0.15) is 151 Å². The number of nitrogens with two attached hydrogens (primary N) is 1. The minimum absolute atomic E-state index is 0.0407. The van der Waals surface area contributed by atoms with Crippen LogP contribution in [0.4, 0.5) is 0 Å². The van der Waals surface area contributed by atoms with Crippen LogP contribution in [0.2, 0.25) is 0 Å². The first-order chi connectivity index (χ1) is 25.6. The number of unbranched alkanes of at least 4 members (excludes halogenated alkanes) is 3. The molecule has 8 nitrogen and oxygen atoms in total. The van der Waals surface area contributed by atoms with Gasteiger partial charge in [-0.1, -0.05) is 66.4 Å². The van der Waals surface area contributed by atoms with Crippen molar-refractivity contribution in [3.63, 3.8) is 0 Å². The molecular weight excluding hydrogens is 677 g/mol. The molecule has 0 aromatic carbocycles. The first-order valence-corrected chi connectivity index (χ1v) is 22.2. The summed E-state index contributed by atoms with van der Waals surface area (Å²) in [5.74, 6) is 1.54. The van der Waals surface area contributed by atoms with Gasteiger partial charge in [-0.3, -0.25) is 4.79 Å². The lowest BCUT2D eigenvalue weighted by Crippen LogP contribution is -2.66. The number of ether oxygens (including phenoxy) is 2. The minimum Gasteiger partial charge on any atom is -0.393 e. The molecule has 3 saturated carbocycles. The van der Waals surface area contributed by atoms with E-state index in [0.717, 1.165) is 101 Å². The average Bonchev–Trinajstić information content (AvgIpc) is 3.91. The second-order valence-electron chi connectivity index (χ2n) is 20.7. The molecule has 0 spiro atoms. The number of Topliss-reactive ketones (excluding diaryl/α,β-unsaturated/α-hetero) is 1. The Balaban J connectivity index is 1.13. The molecule has 0 aromatic rings. The van der Waals surface area contributed by atoms with Gasteiger partial charge < -0.3 is 35.8 Å². The molecule has 54 heavy (non-hydrogen) atoms. The lowest BCUT2D eigenvalue weighted by atomic mass is 9.41. The number of aliphatic hydroxyl groups excluding tert-OH is 1. The highest BCUT2D eigenvalue weighted by Gasteiger charge is 2.78. The van der Waals surface area contributed by atoms with Crippen LogP contribution in [0.5, 0.6) is 0 Å². The molecule has 8 heteroatoms. The Hall–Kier alpha value is -1.71. The van der Waals surface area contributed by atoms with Crippen molar-refractivity contribution >= 4 is 5.78 Å². The van der Waals surface area contributed by atoms with Crippen molar-refractivity contribution in [1.29, 1.82) is 0 Å². The third kappa shape index (κ3) is 5.71. The van der Waals surface area contributed by atoms with E-state index >= 15 is 0 Å². The van der Waals surface area contributed by atoms with Crippen molar-refractivity contribution < 1.29 is 29.6 Å². The highest BCUT2D eigenvalue weighted by molar-refractivity contribution is 6.00. The van der Waals surface area contributed by atoms with Gasteiger partial charge in [0.15, 0.2) is 5.78 Å². The van der Waals surface area contributed by atoms with E-state index in [4.69, 9.17) is 15.2 Å². The summed E-state index contributed by atoms with van der Waals surface area (Å²) >= 11 is 0.